The first-order chi connectivity index (χ1) is 10.8. The van der Waals surface area contributed by atoms with E-state index in [2.05, 4.69) is 38.2 Å². The minimum Gasteiger partial charge on any atom is -0.322 e. The summed E-state index contributed by atoms with van der Waals surface area (Å²) in [6, 6.07) is 13.1. The van der Waals surface area contributed by atoms with Crippen molar-refractivity contribution in [1.29, 1.82) is 0 Å². The minimum absolute atomic E-state index is 0.119. The fourth-order valence-corrected chi connectivity index (χ4v) is 2.32. The zero-order valence-electron chi connectivity index (χ0n) is 13.4. The molecule has 1 amide bonds. The number of anilines is 1. The van der Waals surface area contributed by atoms with Gasteiger partial charge in [0.2, 0.25) is 5.91 Å². The van der Waals surface area contributed by atoms with Crippen molar-refractivity contribution in [2.75, 3.05) is 5.32 Å². The normalized spacial score (nSPS) is 11.7. The van der Waals surface area contributed by atoms with E-state index in [9.17, 15) is 4.79 Å². The third-order valence-corrected chi connectivity index (χ3v) is 4.13. The van der Waals surface area contributed by atoms with E-state index in [1.54, 1.807) is 24.3 Å². The zero-order valence-corrected chi connectivity index (χ0v) is 14.9. The highest BCUT2D eigenvalue weighted by Gasteiger charge is 2.12. The van der Waals surface area contributed by atoms with Crippen LogP contribution >= 0.6 is 23.2 Å². The van der Waals surface area contributed by atoms with Gasteiger partial charge in [0.15, 0.2) is 0 Å². The predicted molar refractivity (Wildman–Crippen MR) is 99.3 cm³/mol. The van der Waals surface area contributed by atoms with Crippen LogP contribution in [0.15, 0.2) is 48.5 Å². The van der Waals surface area contributed by atoms with Crippen molar-refractivity contribution in [3.05, 3.63) is 69.7 Å². The van der Waals surface area contributed by atoms with Crippen LogP contribution in [-0.2, 0) is 10.2 Å². The maximum Gasteiger partial charge on any atom is 0.248 e. The monoisotopic (exact) mass is 347 g/mol. The summed E-state index contributed by atoms with van der Waals surface area (Å²) in [4.78, 5) is 11.9. The molecule has 0 aliphatic rings. The molecule has 2 nitrogen and oxygen atoms in total. The van der Waals surface area contributed by atoms with Crippen LogP contribution in [0.1, 0.15) is 31.9 Å². The van der Waals surface area contributed by atoms with Crippen molar-refractivity contribution in [2.45, 2.75) is 26.2 Å². The molecule has 0 aliphatic carbocycles. The van der Waals surface area contributed by atoms with Crippen LogP contribution in [-0.4, -0.2) is 5.91 Å². The summed E-state index contributed by atoms with van der Waals surface area (Å²) in [6.07, 6.45) is 3.27. The van der Waals surface area contributed by atoms with E-state index in [1.807, 2.05) is 12.1 Å². The fourth-order valence-electron chi connectivity index (χ4n) is 2.02. The van der Waals surface area contributed by atoms with Crippen molar-refractivity contribution in [3.8, 4) is 0 Å². The second-order valence-electron chi connectivity index (χ2n) is 6.32. The van der Waals surface area contributed by atoms with E-state index in [1.165, 1.54) is 11.6 Å². The number of carbonyl (C=O) groups is 1. The molecule has 2 aromatic carbocycles. The van der Waals surface area contributed by atoms with Crippen LogP contribution < -0.4 is 5.32 Å². The lowest BCUT2D eigenvalue weighted by Gasteiger charge is -2.18. The summed E-state index contributed by atoms with van der Waals surface area (Å²) in [5, 5.41) is 3.61. The van der Waals surface area contributed by atoms with Crippen LogP contribution in [0.5, 0.6) is 0 Å². The molecule has 120 valence electrons. The van der Waals surface area contributed by atoms with E-state index >= 15 is 0 Å². The van der Waals surface area contributed by atoms with E-state index in [0.29, 0.717) is 15.7 Å². The maximum absolute atomic E-state index is 11.9. The van der Waals surface area contributed by atoms with Gasteiger partial charge in [-0.1, -0.05) is 68.2 Å². The lowest BCUT2D eigenvalue weighted by atomic mass is 9.87. The first kappa shape index (κ1) is 17.6. The molecule has 0 saturated carbocycles. The van der Waals surface area contributed by atoms with Crippen LogP contribution in [0.2, 0.25) is 10.0 Å². The Hall–Kier alpha value is -1.77. The fraction of sp³-hybridized carbons (Fsp3) is 0.211. The Kier molecular flexibility index (Phi) is 5.51. The summed E-state index contributed by atoms with van der Waals surface area (Å²) in [6.45, 7) is 6.51. The summed E-state index contributed by atoms with van der Waals surface area (Å²) in [5.74, 6) is -0.219. The van der Waals surface area contributed by atoms with Gasteiger partial charge in [0.05, 0.1) is 10.0 Å². The highest BCUT2D eigenvalue weighted by molar-refractivity contribution is 6.42. The molecule has 0 heterocycles. The van der Waals surface area contributed by atoms with Crippen LogP contribution in [0.4, 0.5) is 5.69 Å². The lowest BCUT2D eigenvalue weighted by Crippen LogP contribution is -2.10. The van der Waals surface area contributed by atoms with E-state index in [4.69, 9.17) is 23.2 Å². The average molecular weight is 348 g/mol. The van der Waals surface area contributed by atoms with Gasteiger partial charge in [-0.3, -0.25) is 4.79 Å². The van der Waals surface area contributed by atoms with Crippen LogP contribution in [0, 0.1) is 0 Å². The Morgan fingerprint density at radius 1 is 1.00 bits per heavy atom. The van der Waals surface area contributed by atoms with Crippen molar-refractivity contribution in [2.24, 2.45) is 0 Å². The number of benzene rings is 2. The summed E-state index contributed by atoms with van der Waals surface area (Å²) < 4.78 is 0. The Labute approximate surface area is 147 Å². The Bertz CT molecular complexity index is 728. The van der Waals surface area contributed by atoms with E-state index in [-0.39, 0.29) is 11.3 Å². The highest BCUT2D eigenvalue weighted by Crippen LogP contribution is 2.25. The minimum atomic E-state index is -0.219. The maximum atomic E-state index is 11.9. The number of hydrogen-bond donors (Lipinski definition) is 1. The summed E-state index contributed by atoms with van der Waals surface area (Å²) >= 11 is 11.8. The molecule has 0 radical (unpaired) electrons. The van der Waals surface area contributed by atoms with Gasteiger partial charge in [-0.25, -0.2) is 0 Å². The molecule has 0 saturated heterocycles. The van der Waals surface area contributed by atoms with Gasteiger partial charge in [0.25, 0.3) is 0 Å². The third kappa shape index (κ3) is 5.12. The molecule has 0 spiro atoms. The number of hydrogen-bond acceptors (Lipinski definition) is 1. The molecule has 4 heteroatoms. The van der Waals surface area contributed by atoms with Gasteiger partial charge >= 0.3 is 0 Å². The molecular formula is C19H19Cl2NO. The second-order valence-corrected chi connectivity index (χ2v) is 7.14. The Balaban J connectivity index is 2.02. The number of carbonyl (C=O) groups excluding carboxylic acids is 1. The van der Waals surface area contributed by atoms with E-state index in [0.717, 1.165) is 5.56 Å². The predicted octanol–water partition coefficient (Wildman–Crippen LogP) is 5.94. The van der Waals surface area contributed by atoms with Crippen LogP contribution in [0.25, 0.3) is 6.08 Å². The molecule has 2 rings (SSSR count). The third-order valence-electron chi connectivity index (χ3n) is 3.39. The standard InChI is InChI=1S/C19H19Cl2NO/c1-19(2,3)14-7-4-13(5-8-14)6-11-18(23)22-15-9-10-16(20)17(21)12-15/h4-12H,1-3H3,(H,22,23)/b11-6+. The zero-order chi connectivity index (χ0) is 17.0. The summed E-state index contributed by atoms with van der Waals surface area (Å²) in [7, 11) is 0. The SMILES string of the molecule is CC(C)(C)c1ccc(/C=C/C(=O)Nc2ccc(Cl)c(Cl)c2)cc1. The van der Waals surface area contributed by atoms with Gasteiger partial charge in [-0.05, 0) is 40.8 Å². The molecule has 0 unspecified atom stereocenters. The molecule has 1 N–H and O–H groups in total. The molecule has 0 aromatic heterocycles. The molecule has 2 aromatic rings. The quantitative estimate of drug-likeness (QED) is 0.683. The Morgan fingerprint density at radius 2 is 1.65 bits per heavy atom. The average Bonchev–Trinajstić information content (AvgIpc) is 2.48. The largest absolute Gasteiger partial charge is 0.322 e. The van der Waals surface area contributed by atoms with Gasteiger partial charge < -0.3 is 5.32 Å². The molecular weight excluding hydrogens is 329 g/mol. The van der Waals surface area contributed by atoms with E-state index < -0.39 is 0 Å². The van der Waals surface area contributed by atoms with Gasteiger partial charge in [-0.2, -0.15) is 0 Å². The first-order valence-corrected chi connectivity index (χ1v) is 8.06. The van der Waals surface area contributed by atoms with Crippen molar-refractivity contribution < 1.29 is 4.79 Å². The van der Waals surface area contributed by atoms with Gasteiger partial charge in [-0.15, -0.1) is 0 Å². The van der Waals surface area contributed by atoms with Crippen LogP contribution in [0.3, 0.4) is 0 Å². The molecule has 0 bridgehead atoms. The molecule has 0 aliphatic heterocycles. The van der Waals surface area contributed by atoms with Crippen molar-refractivity contribution in [1.82, 2.24) is 0 Å². The van der Waals surface area contributed by atoms with Crippen molar-refractivity contribution in [3.63, 3.8) is 0 Å². The lowest BCUT2D eigenvalue weighted by molar-refractivity contribution is -0.111. The smallest absolute Gasteiger partial charge is 0.248 e. The molecule has 0 atom stereocenters. The number of rotatable bonds is 3. The van der Waals surface area contributed by atoms with Crippen molar-refractivity contribution >= 4 is 40.9 Å². The number of nitrogens with one attached hydrogen (secondary N) is 1. The topological polar surface area (TPSA) is 29.1 Å². The molecule has 0 fully saturated rings. The Morgan fingerprint density at radius 3 is 2.22 bits per heavy atom. The highest BCUT2D eigenvalue weighted by atomic mass is 35.5. The van der Waals surface area contributed by atoms with Gasteiger partial charge in [0, 0.05) is 11.8 Å². The first-order valence-electron chi connectivity index (χ1n) is 7.30. The summed E-state index contributed by atoms with van der Waals surface area (Å²) in [5.41, 5.74) is 2.96. The number of halogens is 2. The number of amides is 1. The van der Waals surface area contributed by atoms with Gasteiger partial charge in [0.1, 0.15) is 0 Å². The molecule has 23 heavy (non-hydrogen) atoms. The second kappa shape index (κ2) is 7.20.